The van der Waals surface area contributed by atoms with E-state index >= 15 is 0 Å². The third-order valence-electron chi connectivity index (χ3n) is 4.91. The van der Waals surface area contributed by atoms with Crippen LogP contribution in [-0.2, 0) is 25.6 Å². The first-order valence-electron chi connectivity index (χ1n) is 11.4. The maximum Gasteiger partial charge on any atom is 0.331 e. The van der Waals surface area contributed by atoms with Gasteiger partial charge in [-0.25, -0.2) is 4.79 Å². The Morgan fingerprint density at radius 1 is 1.06 bits per heavy atom. The fourth-order valence-electron chi connectivity index (χ4n) is 3.88. The molecule has 0 aromatic heterocycles. The highest BCUT2D eigenvalue weighted by Crippen LogP contribution is 2.30. The van der Waals surface area contributed by atoms with E-state index in [0.717, 1.165) is 6.42 Å². The van der Waals surface area contributed by atoms with E-state index in [0.29, 0.717) is 12.3 Å². The topological polar surface area (TPSA) is 77.0 Å². The minimum absolute atomic E-state index is 0.00671. The van der Waals surface area contributed by atoms with Crippen molar-refractivity contribution in [2.24, 2.45) is 16.3 Å². The molecule has 0 saturated heterocycles. The molecule has 0 fully saturated rings. The Bertz CT molecular complexity index is 761. The Kier molecular flexibility index (Phi) is 10.6. The highest BCUT2D eigenvalue weighted by atomic mass is 16.7. The summed E-state index contributed by atoms with van der Waals surface area (Å²) in [6.45, 7) is 16.4. The molecule has 0 saturated carbocycles. The SMILES string of the molecule is CNOC(=O)CC(N=CC(C)Cc1ccc(C(C)C)cc1)C(=O)OC(C)(C)CC(C)(C)C. The van der Waals surface area contributed by atoms with Crippen LogP contribution >= 0.6 is 0 Å². The van der Waals surface area contributed by atoms with Crippen molar-refractivity contribution in [2.45, 2.75) is 92.2 Å². The van der Waals surface area contributed by atoms with Crippen LogP contribution in [0.5, 0.6) is 0 Å². The number of carbonyl (C=O) groups excluding carboxylic acids is 2. The van der Waals surface area contributed by atoms with Crippen LogP contribution in [0.25, 0.3) is 0 Å². The molecule has 0 radical (unpaired) electrons. The van der Waals surface area contributed by atoms with E-state index in [2.05, 4.69) is 69.4 Å². The number of aliphatic imine (C=N–C) groups is 1. The van der Waals surface area contributed by atoms with Crippen molar-refractivity contribution in [2.75, 3.05) is 7.05 Å². The van der Waals surface area contributed by atoms with Gasteiger partial charge in [-0.05, 0) is 55.1 Å². The van der Waals surface area contributed by atoms with Crippen LogP contribution in [0.3, 0.4) is 0 Å². The highest BCUT2D eigenvalue weighted by molar-refractivity contribution is 5.84. The van der Waals surface area contributed by atoms with E-state index in [4.69, 9.17) is 9.57 Å². The number of nitrogens with one attached hydrogen (secondary N) is 1. The Morgan fingerprint density at radius 3 is 2.16 bits per heavy atom. The van der Waals surface area contributed by atoms with Crippen LogP contribution in [0.2, 0.25) is 0 Å². The second kappa shape index (κ2) is 12.1. The monoisotopic (exact) mass is 446 g/mol. The minimum atomic E-state index is -0.944. The maximum atomic E-state index is 12.9. The van der Waals surface area contributed by atoms with Crippen molar-refractivity contribution in [3.05, 3.63) is 35.4 Å². The molecule has 1 N–H and O–H groups in total. The lowest BCUT2D eigenvalue weighted by atomic mass is 9.83. The first-order chi connectivity index (χ1) is 14.7. The van der Waals surface area contributed by atoms with Gasteiger partial charge in [-0.3, -0.25) is 9.79 Å². The molecule has 0 bridgehead atoms. The molecule has 0 aliphatic rings. The van der Waals surface area contributed by atoms with Gasteiger partial charge in [0.1, 0.15) is 5.60 Å². The maximum absolute atomic E-state index is 12.9. The molecule has 1 aromatic rings. The van der Waals surface area contributed by atoms with Gasteiger partial charge in [0.05, 0.1) is 6.42 Å². The molecule has 0 amide bonds. The summed E-state index contributed by atoms with van der Waals surface area (Å²) < 4.78 is 5.76. The number of carbonyl (C=O) groups is 2. The standard InChI is InChI=1S/C26H42N2O4/c1-18(2)21-12-10-20(11-13-21)14-19(3)16-28-22(15-23(29)32-27-9)24(30)31-26(7,8)17-25(4,5)6/h10-13,16,18-19,22,27H,14-15,17H2,1-9H3. The van der Waals surface area contributed by atoms with Gasteiger partial charge < -0.3 is 9.57 Å². The van der Waals surface area contributed by atoms with Gasteiger partial charge in [0.2, 0.25) is 0 Å². The van der Waals surface area contributed by atoms with Gasteiger partial charge >= 0.3 is 11.9 Å². The van der Waals surface area contributed by atoms with Crippen molar-refractivity contribution >= 4 is 18.2 Å². The summed E-state index contributed by atoms with van der Waals surface area (Å²) in [4.78, 5) is 34.1. The van der Waals surface area contributed by atoms with E-state index in [1.165, 1.54) is 18.2 Å². The van der Waals surface area contributed by atoms with E-state index < -0.39 is 23.6 Å². The zero-order valence-corrected chi connectivity index (χ0v) is 21.3. The molecule has 0 aliphatic carbocycles. The molecule has 0 spiro atoms. The van der Waals surface area contributed by atoms with E-state index in [1.54, 1.807) is 6.21 Å². The summed E-state index contributed by atoms with van der Waals surface area (Å²) in [6, 6.07) is 7.61. The van der Waals surface area contributed by atoms with Crippen LogP contribution in [0, 0.1) is 11.3 Å². The summed E-state index contributed by atoms with van der Waals surface area (Å²) in [5, 5.41) is 0. The van der Waals surface area contributed by atoms with Gasteiger partial charge in [-0.1, -0.05) is 65.8 Å². The number of rotatable bonds is 11. The Labute approximate surface area is 194 Å². The van der Waals surface area contributed by atoms with Crippen LogP contribution in [0.1, 0.15) is 85.3 Å². The largest absolute Gasteiger partial charge is 0.458 e. The Morgan fingerprint density at radius 2 is 1.66 bits per heavy atom. The van der Waals surface area contributed by atoms with Crippen LogP contribution < -0.4 is 5.48 Å². The predicted octanol–water partition coefficient (Wildman–Crippen LogP) is 5.25. The number of benzene rings is 1. The second-order valence-electron chi connectivity index (χ2n) is 10.7. The molecule has 6 nitrogen and oxygen atoms in total. The predicted molar refractivity (Wildman–Crippen MR) is 130 cm³/mol. The van der Waals surface area contributed by atoms with Crippen LogP contribution in [0.15, 0.2) is 29.3 Å². The first kappa shape index (κ1) is 27.8. The summed E-state index contributed by atoms with van der Waals surface area (Å²) in [5.41, 5.74) is 4.18. The molecule has 6 heteroatoms. The fraction of sp³-hybridized carbons (Fsp3) is 0.654. The molecule has 0 aliphatic heterocycles. The lowest BCUT2D eigenvalue weighted by Gasteiger charge is -2.32. The zero-order valence-electron chi connectivity index (χ0n) is 21.3. The molecule has 0 heterocycles. The summed E-state index contributed by atoms with van der Waals surface area (Å²) in [5.74, 6) is -0.484. The second-order valence-corrected chi connectivity index (χ2v) is 10.7. The molecule has 2 atom stereocenters. The molecule has 1 aromatic carbocycles. The van der Waals surface area contributed by atoms with Crippen LogP contribution in [0.4, 0.5) is 0 Å². The lowest BCUT2D eigenvalue weighted by Crippen LogP contribution is -2.37. The number of hydrogen-bond donors (Lipinski definition) is 1. The normalized spacial score (nSPS) is 14.4. The number of hydrogen-bond acceptors (Lipinski definition) is 6. The highest BCUT2D eigenvalue weighted by Gasteiger charge is 2.33. The Hall–Kier alpha value is -2.21. The molecular weight excluding hydrogens is 404 g/mol. The average Bonchev–Trinajstić information content (AvgIpc) is 2.63. The van der Waals surface area contributed by atoms with E-state index in [9.17, 15) is 9.59 Å². The summed E-state index contributed by atoms with van der Waals surface area (Å²) in [6.07, 6.45) is 3.04. The van der Waals surface area contributed by atoms with Gasteiger partial charge in [-0.2, -0.15) is 5.48 Å². The van der Waals surface area contributed by atoms with Gasteiger partial charge in [0, 0.05) is 13.3 Å². The summed E-state index contributed by atoms with van der Waals surface area (Å²) >= 11 is 0. The third-order valence-corrected chi connectivity index (χ3v) is 4.91. The molecular formula is C26H42N2O4. The Balaban J connectivity index is 2.88. The average molecular weight is 447 g/mol. The van der Waals surface area contributed by atoms with Crippen molar-refractivity contribution in [1.82, 2.24) is 5.48 Å². The number of esters is 1. The third kappa shape index (κ3) is 10.9. The van der Waals surface area contributed by atoms with Gasteiger partial charge in [0.15, 0.2) is 6.04 Å². The molecule has 2 unspecified atom stereocenters. The van der Waals surface area contributed by atoms with Crippen molar-refractivity contribution < 1.29 is 19.2 Å². The number of hydroxylamine groups is 1. The minimum Gasteiger partial charge on any atom is -0.458 e. The summed E-state index contributed by atoms with van der Waals surface area (Å²) in [7, 11) is 1.49. The van der Waals surface area contributed by atoms with Crippen molar-refractivity contribution in [3.63, 3.8) is 0 Å². The molecule has 1 rings (SSSR count). The molecule has 32 heavy (non-hydrogen) atoms. The lowest BCUT2D eigenvalue weighted by molar-refractivity contribution is -0.164. The van der Waals surface area contributed by atoms with Crippen molar-refractivity contribution in [3.8, 4) is 0 Å². The molecule has 180 valence electrons. The number of ether oxygens (including phenoxy) is 1. The fourth-order valence-corrected chi connectivity index (χ4v) is 3.88. The van der Waals surface area contributed by atoms with Crippen molar-refractivity contribution in [1.29, 1.82) is 0 Å². The first-order valence-corrected chi connectivity index (χ1v) is 11.4. The zero-order chi connectivity index (χ0) is 24.5. The van der Waals surface area contributed by atoms with E-state index in [-0.39, 0.29) is 17.8 Å². The van der Waals surface area contributed by atoms with Gasteiger partial charge in [-0.15, -0.1) is 0 Å². The quantitative estimate of drug-likeness (QED) is 0.285. The van der Waals surface area contributed by atoms with Gasteiger partial charge in [0.25, 0.3) is 0 Å². The van der Waals surface area contributed by atoms with E-state index in [1.807, 2.05) is 20.8 Å². The smallest absolute Gasteiger partial charge is 0.331 e. The van der Waals surface area contributed by atoms with Crippen LogP contribution in [-0.4, -0.2) is 36.8 Å². The number of nitrogens with zero attached hydrogens (tertiary/aromatic N) is 1.